The van der Waals surface area contributed by atoms with Crippen LogP contribution in [0.15, 0.2) is 18.2 Å². The van der Waals surface area contributed by atoms with Crippen molar-refractivity contribution in [2.24, 2.45) is 0 Å². The maximum atomic E-state index is 9.60. The fourth-order valence-electron chi connectivity index (χ4n) is 1.84. The van der Waals surface area contributed by atoms with Crippen LogP contribution in [-0.2, 0) is 16.9 Å². The average Bonchev–Trinajstić information content (AvgIpc) is 2.37. The molecule has 0 atom stereocenters. The van der Waals surface area contributed by atoms with Crippen molar-refractivity contribution in [1.29, 1.82) is 0 Å². The Morgan fingerprint density at radius 1 is 1.43 bits per heavy atom. The van der Waals surface area contributed by atoms with Crippen LogP contribution >= 0.6 is 0 Å². The van der Waals surface area contributed by atoms with Gasteiger partial charge in [0, 0.05) is 0 Å². The molecule has 3 nitrogen and oxygen atoms in total. The lowest BCUT2D eigenvalue weighted by atomic mass is 9.78. The summed E-state index contributed by atoms with van der Waals surface area (Å²) in [5, 5.41) is 18.6. The topological polar surface area (TPSA) is 49.7 Å². The number of fused-ring (bicyclic) bond motifs is 1. The summed E-state index contributed by atoms with van der Waals surface area (Å²) in [6.45, 7) is 3.83. The van der Waals surface area contributed by atoms with Gasteiger partial charge in [0.15, 0.2) is 0 Å². The van der Waals surface area contributed by atoms with E-state index >= 15 is 0 Å². The van der Waals surface area contributed by atoms with E-state index in [9.17, 15) is 5.02 Å². The van der Waals surface area contributed by atoms with Gasteiger partial charge in [-0.3, -0.25) is 0 Å². The highest BCUT2D eigenvalue weighted by atomic mass is 16.5. The predicted molar refractivity (Wildman–Crippen MR) is 54.1 cm³/mol. The SMILES string of the molecule is CC1(C)OB(O)c2ccc(CO)cc21. The summed E-state index contributed by atoms with van der Waals surface area (Å²) in [6.07, 6.45) is 0. The Morgan fingerprint density at radius 3 is 2.79 bits per heavy atom. The van der Waals surface area contributed by atoms with E-state index < -0.39 is 12.7 Å². The summed E-state index contributed by atoms with van der Waals surface area (Å²) in [7, 11) is -0.840. The lowest BCUT2D eigenvalue weighted by Crippen LogP contribution is -2.28. The Bertz CT molecular complexity index is 362. The molecule has 1 aliphatic rings. The minimum absolute atomic E-state index is 0.0133. The molecule has 1 heterocycles. The normalized spacial score (nSPS) is 18.4. The third-order valence-corrected chi connectivity index (χ3v) is 2.62. The second-order valence-corrected chi connectivity index (χ2v) is 4.06. The average molecular weight is 192 g/mol. The van der Waals surface area contributed by atoms with Crippen molar-refractivity contribution in [1.82, 2.24) is 0 Å². The van der Waals surface area contributed by atoms with Gasteiger partial charge in [0.2, 0.25) is 0 Å². The van der Waals surface area contributed by atoms with E-state index in [1.165, 1.54) is 0 Å². The monoisotopic (exact) mass is 192 g/mol. The van der Waals surface area contributed by atoms with Gasteiger partial charge in [-0.2, -0.15) is 0 Å². The molecule has 0 bridgehead atoms. The minimum atomic E-state index is -0.840. The number of hydrogen-bond donors (Lipinski definition) is 2. The first-order valence-corrected chi connectivity index (χ1v) is 4.64. The number of aliphatic hydroxyl groups excluding tert-OH is 1. The van der Waals surface area contributed by atoms with Crippen molar-refractivity contribution in [3.8, 4) is 0 Å². The first-order valence-electron chi connectivity index (χ1n) is 4.64. The molecule has 2 N–H and O–H groups in total. The van der Waals surface area contributed by atoms with Gasteiger partial charge in [-0.25, -0.2) is 0 Å². The van der Waals surface area contributed by atoms with Gasteiger partial charge in [0.05, 0.1) is 12.2 Å². The molecule has 4 heteroatoms. The molecule has 2 rings (SSSR count). The molecule has 1 aromatic rings. The molecular formula is C10H13BO3. The molecule has 74 valence electrons. The molecule has 1 aromatic carbocycles. The van der Waals surface area contributed by atoms with Crippen LogP contribution in [0, 0.1) is 0 Å². The van der Waals surface area contributed by atoms with Gasteiger partial charge in [-0.1, -0.05) is 18.2 Å². The Balaban J connectivity index is 2.53. The van der Waals surface area contributed by atoms with Crippen LogP contribution in [0.25, 0.3) is 0 Å². The maximum absolute atomic E-state index is 9.60. The van der Waals surface area contributed by atoms with E-state index in [1.807, 2.05) is 19.9 Å². The van der Waals surface area contributed by atoms with Gasteiger partial charge in [-0.05, 0) is 30.4 Å². The molecule has 0 saturated heterocycles. The maximum Gasteiger partial charge on any atom is 0.492 e. The number of hydrogen-bond acceptors (Lipinski definition) is 3. The van der Waals surface area contributed by atoms with E-state index in [0.717, 1.165) is 16.6 Å². The van der Waals surface area contributed by atoms with Crippen LogP contribution in [0.3, 0.4) is 0 Å². The Labute approximate surface area is 83.5 Å². The molecule has 0 fully saturated rings. The molecule has 0 unspecified atom stereocenters. The number of aliphatic hydroxyl groups is 1. The number of benzene rings is 1. The second kappa shape index (κ2) is 3.09. The van der Waals surface area contributed by atoms with Crippen molar-refractivity contribution < 1.29 is 14.8 Å². The van der Waals surface area contributed by atoms with Gasteiger partial charge >= 0.3 is 7.12 Å². The summed E-state index contributed by atoms with van der Waals surface area (Å²) >= 11 is 0. The highest BCUT2D eigenvalue weighted by Crippen LogP contribution is 2.30. The highest BCUT2D eigenvalue weighted by molar-refractivity contribution is 6.61. The zero-order valence-electron chi connectivity index (χ0n) is 8.32. The molecule has 0 aromatic heterocycles. The molecule has 0 saturated carbocycles. The Kier molecular flexibility index (Phi) is 2.14. The van der Waals surface area contributed by atoms with Gasteiger partial charge in [0.25, 0.3) is 0 Å². The van der Waals surface area contributed by atoms with Crippen LogP contribution in [0.2, 0.25) is 0 Å². The molecule has 0 radical (unpaired) electrons. The quantitative estimate of drug-likeness (QED) is 0.622. The fourth-order valence-corrected chi connectivity index (χ4v) is 1.84. The first-order chi connectivity index (χ1) is 6.54. The summed E-state index contributed by atoms with van der Waals surface area (Å²) < 4.78 is 5.39. The van der Waals surface area contributed by atoms with Crippen LogP contribution in [0.5, 0.6) is 0 Å². The van der Waals surface area contributed by atoms with E-state index in [-0.39, 0.29) is 6.61 Å². The van der Waals surface area contributed by atoms with E-state index in [1.54, 1.807) is 12.1 Å². The van der Waals surface area contributed by atoms with E-state index in [0.29, 0.717) is 0 Å². The first kappa shape index (κ1) is 9.71. The standard InChI is InChI=1S/C10H13BO3/c1-10(2)8-5-7(6-12)3-4-9(8)11(13)14-10/h3-5,12-13H,6H2,1-2H3. The zero-order valence-corrected chi connectivity index (χ0v) is 8.32. The molecule has 0 aliphatic carbocycles. The van der Waals surface area contributed by atoms with Crippen molar-refractivity contribution >= 4 is 12.6 Å². The Morgan fingerprint density at radius 2 is 2.14 bits per heavy atom. The van der Waals surface area contributed by atoms with Crippen LogP contribution < -0.4 is 5.46 Å². The highest BCUT2D eigenvalue weighted by Gasteiger charge is 2.40. The smallest absolute Gasteiger partial charge is 0.423 e. The fraction of sp³-hybridized carbons (Fsp3) is 0.400. The van der Waals surface area contributed by atoms with Crippen LogP contribution in [0.1, 0.15) is 25.0 Å². The summed E-state index contributed by atoms with van der Waals surface area (Å²) in [5.41, 5.74) is 2.12. The van der Waals surface area contributed by atoms with E-state index in [4.69, 9.17) is 9.76 Å². The van der Waals surface area contributed by atoms with E-state index in [2.05, 4.69) is 0 Å². The second-order valence-electron chi connectivity index (χ2n) is 4.06. The van der Waals surface area contributed by atoms with Gasteiger partial charge in [0.1, 0.15) is 0 Å². The van der Waals surface area contributed by atoms with Crippen molar-refractivity contribution in [2.45, 2.75) is 26.1 Å². The summed E-state index contributed by atoms with van der Waals surface area (Å²) in [4.78, 5) is 0. The molecule has 1 aliphatic heterocycles. The molecule has 0 amide bonds. The number of rotatable bonds is 1. The van der Waals surface area contributed by atoms with Crippen LogP contribution in [0.4, 0.5) is 0 Å². The van der Waals surface area contributed by atoms with Gasteiger partial charge in [-0.15, -0.1) is 0 Å². The van der Waals surface area contributed by atoms with Crippen molar-refractivity contribution in [3.63, 3.8) is 0 Å². The molecular weight excluding hydrogens is 179 g/mol. The molecule has 0 spiro atoms. The largest absolute Gasteiger partial charge is 0.492 e. The lowest BCUT2D eigenvalue weighted by molar-refractivity contribution is 0.101. The van der Waals surface area contributed by atoms with Crippen molar-refractivity contribution in [3.05, 3.63) is 29.3 Å². The third-order valence-electron chi connectivity index (χ3n) is 2.62. The molecule has 14 heavy (non-hydrogen) atoms. The van der Waals surface area contributed by atoms with Gasteiger partial charge < -0.3 is 14.8 Å². The van der Waals surface area contributed by atoms with Crippen molar-refractivity contribution in [2.75, 3.05) is 0 Å². The summed E-state index contributed by atoms with van der Waals surface area (Å²) in [5.74, 6) is 0. The zero-order chi connectivity index (χ0) is 10.3. The van der Waals surface area contributed by atoms with Crippen LogP contribution in [-0.4, -0.2) is 17.2 Å². The summed E-state index contributed by atoms with van der Waals surface area (Å²) in [6, 6.07) is 5.48. The Hall–Kier alpha value is -0.835. The third kappa shape index (κ3) is 1.36. The predicted octanol–water partition coefficient (Wildman–Crippen LogP) is 0.132. The lowest BCUT2D eigenvalue weighted by Gasteiger charge is -2.20. The minimum Gasteiger partial charge on any atom is -0.423 e.